The highest BCUT2D eigenvalue weighted by Gasteiger charge is 2.25. The third kappa shape index (κ3) is 3.57. The maximum absolute atomic E-state index is 6.37. The molecular weight excluding hydrogens is 298 g/mol. The lowest BCUT2D eigenvalue weighted by atomic mass is 9.99. The minimum absolute atomic E-state index is 0.432. The van der Waals surface area contributed by atoms with Crippen molar-refractivity contribution in [2.24, 2.45) is 0 Å². The highest BCUT2D eigenvalue weighted by atomic mass is 35.5. The Balaban J connectivity index is 0.000000774. The minimum atomic E-state index is 0.432. The first kappa shape index (κ1) is 16.3. The Morgan fingerprint density at radius 3 is 2.76 bits per heavy atom. The van der Waals surface area contributed by atoms with Crippen LogP contribution in [0.4, 0.5) is 0 Å². The van der Waals surface area contributed by atoms with E-state index >= 15 is 0 Å². The fourth-order valence-corrected chi connectivity index (χ4v) is 4.11. The average Bonchev–Trinajstić information content (AvgIpc) is 2.99. The highest BCUT2D eigenvalue weighted by molar-refractivity contribution is 7.10. The number of halogens is 1. The van der Waals surface area contributed by atoms with Crippen LogP contribution in [0.5, 0.6) is 0 Å². The summed E-state index contributed by atoms with van der Waals surface area (Å²) >= 11 is 8.26. The summed E-state index contributed by atoms with van der Waals surface area (Å²) in [7, 11) is 0. The van der Waals surface area contributed by atoms with Gasteiger partial charge in [0, 0.05) is 29.0 Å². The third-order valence-electron chi connectivity index (χ3n) is 3.93. The van der Waals surface area contributed by atoms with Gasteiger partial charge >= 0.3 is 0 Å². The van der Waals surface area contributed by atoms with Crippen LogP contribution in [0.25, 0.3) is 0 Å². The summed E-state index contributed by atoms with van der Waals surface area (Å²) in [6, 6.07) is 11.0. The molecule has 1 aromatic carbocycles. The zero-order chi connectivity index (χ0) is 15.2. The molecule has 1 unspecified atom stereocenters. The van der Waals surface area contributed by atoms with E-state index in [1.54, 1.807) is 4.88 Å². The molecule has 2 heterocycles. The molecule has 0 bridgehead atoms. The lowest BCUT2D eigenvalue weighted by Gasteiger charge is -2.34. The molecule has 21 heavy (non-hydrogen) atoms. The van der Waals surface area contributed by atoms with Crippen molar-refractivity contribution < 1.29 is 0 Å². The van der Waals surface area contributed by atoms with E-state index in [9.17, 15) is 0 Å². The van der Waals surface area contributed by atoms with Crippen LogP contribution < -0.4 is 0 Å². The lowest BCUT2D eigenvalue weighted by Crippen LogP contribution is -2.33. The van der Waals surface area contributed by atoms with E-state index in [1.807, 2.05) is 23.5 Å². The highest BCUT2D eigenvalue weighted by Crippen LogP contribution is 2.34. The van der Waals surface area contributed by atoms with Crippen LogP contribution in [0.1, 0.15) is 35.4 Å². The van der Waals surface area contributed by atoms with Crippen molar-refractivity contribution in [3.8, 4) is 0 Å². The molecule has 3 heteroatoms. The van der Waals surface area contributed by atoms with Crippen molar-refractivity contribution >= 4 is 22.9 Å². The Kier molecular flexibility index (Phi) is 6.04. The predicted molar refractivity (Wildman–Crippen MR) is 94.2 cm³/mol. The minimum Gasteiger partial charge on any atom is -0.292 e. The molecule has 1 atom stereocenters. The van der Waals surface area contributed by atoms with Gasteiger partial charge < -0.3 is 0 Å². The average molecular weight is 320 g/mol. The van der Waals surface area contributed by atoms with Crippen molar-refractivity contribution in [3.63, 3.8) is 0 Å². The number of hydrogen-bond acceptors (Lipinski definition) is 2. The standard InChI is InChI=1S/C16H18ClNS.C2H4/c1-2-15(13-5-3-4-6-14(13)17)18-9-7-16-12(11-18)8-10-19-16;1-2/h3-6,8,10,15H,2,7,9,11H2,1H3;1-2H2. The molecule has 1 nitrogen and oxygen atoms in total. The van der Waals surface area contributed by atoms with Gasteiger partial charge in [-0.2, -0.15) is 0 Å². The van der Waals surface area contributed by atoms with Crippen LogP contribution in [0.15, 0.2) is 48.9 Å². The summed E-state index contributed by atoms with van der Waals surface area (Å²) in [5, 5.41) is 3.11. The molecule has 0 amide bonds. The number of fused-ring (bicyclic) bond motifs is 1. The molecule has 0 saturated carbocycles. The van der Waals surface area contributed by atoms with Crippen molar-refractivity contribution in [2.75, 3.05) is 6.54 Å². The number of rotatable bonds is 3. The van der Waals surface area contributed by atoms with Crippen LogP contribution in [0.2, 0.25) is 5.02 Å². The van der Waals surface area contributed by atoms with Crippen molar-refractivity contribution in [3.05, 3.63) is 69.9 Å². The van der Waals surface area contributed by atoms with Gasteiger partial charge in [-0.25, -0.2) is 0 Å². The molecule has 3 rings (SSSR count). The third-order valence-corrected chi connectivity index (χ3v) is 5.30. The molecule has 0 aliphatic carbocycles. The molecule has 2 aromatic rings. The Morgan fingerprint density at radius 2 is 2.05 bits per heavy atom. The van der Waals surface area contributed by atoms with E-state index in [0.29, 0.717) is 6.04 Å². The smallest absolute Gasteiger partial charge is 0.0453 e. The van der Waals surface area contributed by atoms with Crippen molar-refractivity contribution in [1.82, 2.24) is 4.90 Å². The lowest BCUT2D eigenvalue weighted by molar-refractivity contribution is 0.176. The first-order valence-electron chi connectivity index (χ1n) is 7.33. The molecule has 0 N–H and O–H groups in total. The monoisotopic (exact) mass is 319 g/mol. The number of nitrogens with zero attached hydrogens (tertiary/aromatic N) is 1. The van der Waals surface area contributed by atoms with E-state index in [-0.39, 0.29) is 0 Å². The summed E-state index contributed by atoms with van der Waals surface area (Å²) in [6.07, 6.45) is 2.27. The summed E-state index contributed by atoms with van der Waals surface area (Å²) in [6.45, 7) is 10.4. The first-order chi connectivity index (χ1) is 10.3. The summed E-state index contributed by atoms with van der Waals surface area (Å²) in [5.41, 5.74) is 2.77. The van der Waals surface area contributed by atoms with Crippen LogP contribution in [-0.2, 0) is 13.0 Å². The Hall–Kier alpha value is -1.09. The van der Waals surface area contributed by atoms with Gasteiger partial charge in [0.2, 0.25) is 0 Å². The normalized spacial score (nSPS) is 15.7. The molecule has 0 spiro atoms. The van der Waals surface area contributed by atoms with Gasteiger partial charge in [-0.1, -0.05) is 36.7 Å². The molecule has 0 radical (unpaired) electrons. The van der Waals surface area contributed by atoms with Crippen LogP contribution >= 0.6 is 22.9 Å². The summed E-state index contributed by atoms with van der Waals surface area (Å²) in [4.78, 5) is 4.13. The predicted octanol–water partition coefficient (Wildman–Crippen LogP) is 5.71. The maximum Gasteiger partial charge on any atom is 0.0453 e. The van der Waals surface area contributed by atoms with Crippen molar-refractivity contribution in [1.29, 1.82) is 0 Å². The quantitative estimate of drug-likeness (QED) is 0.655. The fourth-order valence-electron chi connectivity index (χ4n) is 2.96. The number of thiophene rings is 1. The van der Waals surface area contributed by atoms with E-state index in [0.717, 1.165) is 24.5 Å². The molecule has 112 valence electrons. The fraction of sp³-hybridized carbons (Fsp3) is 0.333. The summed E-state index contributed by atoms with van der Waals surface area (Å²) in [5.74, 6) is 0. The topological polar surface area (TPSA) is 3.24 Å². The molecule has 1 aliphatic heterocycles. The molecule has 1 aromatic heterocycles. The van der Waals surface area contributed by atoms with E-state index < -0.39 is 0 Å². The summed E-state index contributed by atoms with van der Waals surface area (Å²) < 4.78 is 0. The van der Waals surface area contributed by atoms with Gasteiger partial charge in [0.05, 0.1) is 0 Å². The zero-order valence-corrected chi connectivity index (χ0v) is 14.1. The Bertz CT molecular complexity index is 578. The number of benzene rings is 1. The Labute approximate surface area is 136 Å². The molecule has 1 aliphatic rings. The van der Waals surface area contributed by atoms with Gasteiger partial charge in [-0.3, -0.25) is 4.90 Å². The second-order valence-electron chi connectivity index (χ2n) is 5.04. The Morgan fingerprint density at radius 1 is 1.29 bits per heavy atom. The second kappa shape index (κ2) is 7.79. The SMILES string of the molecule is C=C.CCC(c1ccccc1Cl)N1CCc2sccc2C1. The van der Waals surface area contributed by atoms with E-state index in [2.05, 4.69) is 48.6 Å². The number of hydrogen-bond donors (Lipinski definition) is 0. The van der Waals surface area contributed by atoms with Gasteiger partial charge in [0.25, 0.3) is 0 Å². The molecule has 0 fully saturated rings. The van der Waals surface area contributed by atoms with Crippen molar-refractivity contribution in [2.45, 2.75) is 32.4 Å². The van der Waals surface area contributed by atoms with Crippen LogP contribution in [-0.4, -0.2) is 11.4 Å². The van der Waals surface area contributed by atoms with Gasteiger partial charge in [-0.15, -0.1) is 24.5 Å². The zero-order valence-electron chi connectivity index (χ0n) is 12.5. The van der Waals surface area contributed by atoms with E-state index in [4.69, 9.17) is 11.6 Å². The first-order valence-corrected chi connectivity index (χ1v) is 8.59. The van der Waals surface area contributed by atoms with E-state index in [1.165, 1.54) is 17.5 Å². The second-order valence-corrected chi connectivity index (χ2v) is 6.44. The molecular formula is C18H22ClNS. The van der Waals surface area contributed by atoms with Crippen LogP contribution in [0.3, 0.4) is 0 Å². The van der Waals surface area contributed by atoms with Crippen LogP contribution in [0, 0.1) is 0 Å². The van der Waals surface area contributed by atoms with Gasteiger partial charge in [0.15, 0.2) is 0 Å². The molecule has 0 saturated heterocycles. The van der Waals surface area contributed by atoms with Gasteiger partial charge in [0.1, 0.15) is 0 Å². The largest absolute Gasteiger partial charge is 0.292 e. The maximum atomic E-state index is 6.37. The van der Waals surface area contributed by atoms with Gasteiger partial charge in [-0.05, 0) is 41.5 Å².